The van der Waals surface area contributed by atoms with E-state index >= 15 is 0 Å². The van der Waals surface area contributed by atoms with Crippen molar-refractivity contribution in [2.45, 2.75) is 97.8 Å². The summed E-state index contributed by atoms with van der Waals surface area (Å²) >= 11 is 1.93. The molecule has 0 fully saturated rings. The first-order chi connectivity index (χ1) is 29.9. The minimum atomic E-state index is -0.101. The summed E-state index contributed by atoms with van der Waals surface area (Å²) < 4.78 is 1.31. The monoisotopic (exact) mass is 839 g/mol. The molecule has 0 spiro atoms. The third-order valence-electron chi connectivity index (χ3n) is 14.0. The molecule has 0 bridgehead atoms. The second-order valence-corrected chi connectivity index (χ2v) is 22.6. The van der Waals surface area contributed by atoms with Crippen molar-refractivity contribution in [1.82, 2.24) is 0 Å². The summed E-state index contributed by atoms with van der Waals surface area (Å²) in [6.07, 6.45) is 0. The molecule has 3 nitrogen and oxygen atoms in total. The third-order valence-corrected chi connectivity index (χ3v) is 15.1. The zero-order valence-corrected chi connectivity index (χ0v) is 39.4. The molecule has 0 N–H and O–H groups in total. The van der Waals surface area contributed by atoms with E-state index in [1.807, 2.05) is 11.3 Å². The van der Waals surface area contributed by atoms with Crippen LogP contribution < -0.4 is 14.7 Å². The van der Waals surface area contributed by atoms with Crippen LogP contribution in [0.5, 0.6) is 0 Å². The Morgan fingerprint density at radius 1 is 0.413 bits per heavy atom. The van der Waals surface area contributed by atoms with Crippen LogP contribution in [0.2, 0.25) is 0 Å². The average molecular weight is 840 g/mol. The number of nitrogens with zero attached hydrogens (tertiary/aromatic N) is 3. The summed E-state index contributed by atoms with van der Waals surface area (Å²) in [7, 11) is 0. The number of hydrogen-bond acceptors (Lipinski definition) is 4. The van der Waals surface area contributed by atoms with Crippen molar-refractivity contribution in [2.75, 3.05) is 14.7 Å². The molecule has 1 aromatic heterocycles. The van der Waals surface area contributed by atoms with Crippen molar-refractivity contribution >= 4 is 71.9 Å². The lowest BCUT2D eigenvalue weighted by Gasteiger charge is -2.46. The summed E-state index contributed by atoms with van der Waals surface area (Å²) in [6.45, 7) is 25.6. The molecule has 314 valence electrons. The Labute approximate surface area is 378 Å². The molecule has 7 aromatic carbocycles. The van der Waals surface area contributed by atoms with E-state index in [0.717, 1.165) is 11.4 Å². The highest BCUT2D eigenvalue weighted by molar-refractivity contribution is 7.24. The van der Waals surface area contributed by atoms with Gasteiger partial charge >= 0.3 is 0 Å². The van der Waals surface area contributed by atoms with Crippen molar-refractivity contribution in [2.24, 2.45) is 0 Å². The highest BCUT2D eigenvalue weighted by Crippen LogP contribution is 2.68. The van der Waals surface area contributed by atoms with Gasteiger partial charge in [0, 0.05) is 26.9 Å². The van der Waals surface area contributed by atoms with Gasteiger partial charge in [-0.1, -0.05) is 161 Å². The normalized spacial score (nSPS) is 14.9. The van der Waals surface area contributed by atoms with Crippen LogP contribution in [0.15, 0.2) is 146 Å². The smallest absolute Gasteiger partial charge is 0.126 e. The SMILES string of the molecule is CC(C)(C)c1ccc(N2c3ccc(C(C)(C)C)cc3N3c4sc5cc6c(cc5c4N(c4ccc(C(C)(C)C)cc4)c4cc(-c5ccccc5)cc2c43)-c2ccccc2C6(C)C)cc1. The summed E-state index contributed by atoms with van der Waals surface area (Å²) in [6, 6.07) is 55.8. The quantitative estimate of drug-likeness (QED) is 0.175. The maximum atomic E-state index is 2.63. The molecule has 0 saturated heterocycles. The van der Waals surface area contributed by atoms with Crippen LogP contribution in [0, 0.1) is 0 Å². The predicted octanol–water partition coefficient (Wildman–Crippen LogP) is 17.8. The number of rotatable bonds is 3. The van der Waals surface area contributed by atoms with E-state index < -0.39 is 0 Å². The molecule has 0 amide bonds. The molecule has 0 saturated carbocycles. The molecule has 2 aliphatic heterocycles. The Kier molecular flexibility index (Phi) is 8.48. The maximum absolute atomic E-state index is 2.63. The van der Waals surface area contributed by atoms with E-state index in [2.05, 4.69) is 236 Å². The Hall–Kier alpha value is -6.10. The Morgan fingerprint density at radius 3 is 1.59 bits per heavy atom. The van der Waals surface area contributed by atoms with Gasteiger partial charge in [0.25, 0.3) is 0 Å². The Balaban J connectivity index is 1.27. The summed E-state index contributed by atoms with van der Waals surface area (Å²) in [5, 5.41) is 2.53. The van der Waals surface area contributed by atoms with Gasteiger partial charge in [0.2, 0.25) is 0 Å². The third kappa shape index (κ3) is 6.05. The van der Waals surface area contributed by atoms with Crippen LogP contribution in [0.1, 0.15) is 104 Å². The molecule has 3 heterocycles. The lowest BCUT2D eigenvalue weighted by atomic mass is 9.82. The molecule has 11 rings (SSSR count). The fourth-order valence-electron chi connectivity index (χ4n) is 10.3. The van der Waals surface area contributed by atoms with Gasteiger partial charge in [-0.15, -0.1) is 11.3 Å². The molecular weight excluding hydrogens is 783 g/mol. The largest absolute Gasteiger partial charge is 0.306 e. The fraction of sp³-hybridized carbons (Fsp3) is 0.254. The lowest BCUT2D eigenvalue weighted by Crippen LogP contribution is -2.30. The van der Waals surface area contributed by atoms with Crippen molar-refractivity contribution in [1.29, 1.82) is 0 Å². The van der Waals surface area contributed by atoms with E-state index in [9.17, 15) is 0 Å². The summed E-state index contributed by atoms with van der Waals surface area (Å²) in [5.41, 5.74) is 21.2. The first-order valence-electron chi connectivity index (χ1n) is 22.6. The van der Waals surface area contributed by atoms with Crippen LogP contribution in [-0.2, 0) is 21.7 Å². The minimum absolute atomic E-state index is 0.0299. The van der Waals surface area contributed by atoms with Crippen LogP contribution in [0.25, 0.3) is 32.3 Å². The molecule has 0 radical (unpaired) electrons. The van der Waals surface area contributed by atoms with Gasteiger partial charge in [-0.3, -0.25) is 4.90 Å². The Morgan fingerprint density at radius 2 is 0.968 bits per heavy atom. The maximum Gasteiger partial charge on any atom is 0.126 e. The first kappa shape index (κ1) is 39.7. The van der Waals surface area contributed by atoms with Gasteiger partial charge in [-0.05, 0) is 127 Å². The van der Waals surface area contributed by atoms with Crippen LogP contribution >= 0.6 is 11.3 Å². The van der Waals surface area contributed by atoms with Crippen LogP contribution in [0.3, 0.4) is 0 Å². The zero-order valence-electron chi connectivity index (χ0n) is 38.6. The lowest BCUT2D eigenvalue weighted by molar-refractivity contribution is 0.590. The van der Waals surface area contributed by atoms with E-state index in [-0.39, 0.29) is 21.7 Å². The highest BCUT2D eigenvalue weighted by atomic mass is 32.1. The molecule has 0 unspecified atom stereocenters. The number of hydrogen-bond donors (Lipinski definition) is 0. The standard InChI is InChI=1S/C59H57N3S/c1-56(2,3)38-21-26-41(27-22-38)60-48-30-25-40(58(7,8)9)33-49(48)62-54-50(60)31-37(36-17-13-12-14-18-36)32-51(54)61(42-28-23-39(24-29-42)57(4,5)6)53-45-34-44-43-19-15-16-20-46(43)59(10,11)47(44)35-52(45)63-55(53)62/h12-35H,1-11H3. The van der Waals surface area contributed by atoms with Crippen LogP contribution in [-0.4, -0.2) is 0 Å². The molecule has 0 atom stereocenters. The molecule has 3 aliphatic rings. The molecule has 8 aromatic rings. The van der Waals surface area contributed by atoms with Crippen molar-refractivity contribution < 1.29 is 0 Å². The van der Waals surface area contributed by atoms with Gasteiger partial charge in [-0.25, -0.2) is 0 Å². The van der Waals surface area contributed by atoms with Gasteiger partial charge in [-0.2, -0.15) is 0 Å². The Bertz CT molecular complexity index is 3130. The number of fused-ring (bicyclic) bond motifs is 9. The zero-order chi connectivity index (χ0) is 44.0. The van der Waals surface area contributed by atoms with Crippen LogP contribution in [0.4, 0.5) is 50.5 Å². The summed E-state index contributed by atoms with van der Waals surface area (Å²) in [5.74, 6) is 0. The van der Waals surface area contributed by atoms with Gasteiger partial charge in [0.15, 0.2) is 0 Å². The minimum Gasteiger partial charge on any atom is -0.306 e. The average Bonchev–Trinajstić information content (AvgIpc) is 3.73. The second-order valence-electron chi connectivity index (χ2n) is 21.6. The first-order valence-corrected chi connectivity index (χ1v) is 23.4. The van der Waals surface area contributed by atoms with E-state index in [1.54, 1.807) is 0 Å². The predicted molar refractivity (Wildman–Crippen MR) is 272 cm³/mol. The van der Waals surface area contributed by atoms with Gasteiger partial charge in [0.05, 0.1) is 34.1 Å². The second kappa shape index (κ2) is 13.5. The molecular formula is C59H57N3S. The number of benzene rings is 7. The highest BCUT2D eigenvalue weighted by Gasteiger charge is 2.44. The fourth-order valence-corrected chi connectivity index (χ4v) is 11.5. The molecule has 4 heteroatoms. The topological polar surface area (TPSA) is 9.72 Å². The van der Waals surface area contributed by atoms with E-state index in [1.165, 1.54) is 99.3 Å². The number of anilines is 9. The van der Waals surface area contributed by atoms with Gasteiger partial charge in [0.1, 0.15) is 5.00 Å². The van der Waals surface area contributed by atoms with Gasteiger partial charge < -0.3 is 9.80 Å². The molecule has 1 aliphatic carbocycles. The number of thiophene rings is 1. The van der Waals surface area contributed by atoms with Crippen molar-refractivity contribution in [3.63, 3.8) is 0 Å². The molecule has 63 heavy (non-hydrogen) atoms. The van der Waals surface area contributed by atoms with E-state index in [0.29, 0.717) is 0 Å². The van der Waals surface area contributed by atoms with Crippen molar-refractivity contribution in [3.05, 3.63) is 173 Å². The van der Waals surface area contributed by atoms with Crippen molar-refractivity contribution in [3.8, 4) is 22.3 Å². The summed E-state index contributed by atoms with van der Waals surface area (Å²) in [4.78, 5) is 7.76. The van der Waals surface area contributed by atoms with E-state index in [4.69, 9.17) is 0 Å².